The molecule has 0 fully saturated rings. The van der Waals surface area contributed by atoms with Crippen LogP contribution in [0.3, 0.4) is 0 Å². The van der Waals surface area contributed by atoms with Crippen molar-refractivity contribution in [2.24, 2.45) is 0 Å². The van der Waals surface area contributed by atoms with E-state index in [1.807, 2.05) is 25.3 Å². The second kappa shape index (κ2) is 3.54. The summed E-state index contributed by atoms with van der Waals surface area (Å²) in [6.07, 6.45) is 3.66. The van der Waals surface area contributed by atoms with E-state index in [2.05, 4.69) is 16.3 Å². The van der Waals surface area contributed by atoms with Gasteiger partial charge in [0, 0.05) is 11.8 Å². The minimum atomic E-state index is 0.906. The van der Waals surface area contributed by atoms with Crippen LogP contribution in [0.5, 0.6) is 5.75 Å². The first kappa shape index (κ1) is 8.81. The Hall–Kier alpha value is -1.77. The lowest BCUT2D eigenvalue weighted by Crippen LogP contribution is -1.87. The van der Waals surface area contributed by atoms with Crippen LogP contribution < -0.4 is 4.74 Å². The molecule has 0 saturated heterocycles. The van der Waals surface area contributed by atoms with Crippen LogP contribution in [-0.2, 0) is 0 Å². The van der Waals surface area contributed by atoms with E-state index in [0.29, 0.717) is 0 Å². The van der Waals surface area contributed by atoms with Gasteiger partial charge in [0.15, 0.2) is 0 Å². The number of hydrogen-bond acceptors (Lipinski definition) is 2. The van der Waals surface area contributed by atoms with Crippen LogP contribution in [0, 0.1) is 6.92 Å². The molecule has 0 saturated carbocycles. The third-order valence-corrected chi connectivity index (χ3v) is 2.24. The average Bonchev–Trinajstić information content (AvgIpc) is 2.71. The summed E-state index contributed by atoms with van der Waals surface area (Å²) in [4.78, 5) is 0. The zero-order chi connectivity index (χ0) is 9.97. The van der Waals surface area contributed by atoms with Crippen molar-refractivity contribution in [1.82, 2.24) is 10.2 Å². The Morgan fingerprint density at radius 3 is 2.79 bits per heavy atom. The van der Waals surface area contributed by atoms with E-state index >= 15 is 0 Å². The lowest BCUT2D eigenvalue weighted by molar-refractivity contribution is 0.412. The number of aromatic amines is 1. The summed E-state index contributed by atoms with van der Waals surface area (Å²) in [5.41, 5.74) is 3.32. The number of ether oxygens (including phenoxy) is 1. The van der Waals surface area contributed by atoms with Crippen LogP contribution >= 0.6 is 0 Å². The number of rotatable bonds is 2. The van der Waals surface area contributed by atoms with Gasteiger partial charge in [-0.25, -0.2) is 0 Å². The second-order valence-electron chi connectivity index (χ2n) is 3.17. The van der Waals surface area contributed by atoms with Crippen LogP contribution in [-0.4, -0.2) is 17.3 Å². The summed E-state index contributed by atoms with van der Waals surface area (Å²) in [6.45, 7) is 2.03. The lowest BCUT2D eigenvalue weighted by atomic mass is 10.1. The Balaban J connectivity index is 2.46. The highest BCUT2D eigenvalue weighted by atomic mass is 16.5. The van der Waals surface area contributed by atoms with E-state index in [4.69, 9.17) is 4.74 Å². The molecule has 1 N–H and O–H groups in total. The molecule has 1 aromatic heterocycles. The maximum Gasteiger partial charge on any atom is 0.122 e. The smallest absolute Gasteiger partial charge is 0.122 e. The molecule has 0 aliphatic rings. The highest BCUT2D eigenvalue weighted by molar-refractivity contribution is 5.64. The van der Waals surface area contributed by atoms with Crippen molar-refractivity contribution < 1.29 is 4.74 Å². The van der Waals surface area contributed by atoms with Crippen molar-refractivity contribution in [2.75, 3.05) is 7.11 Å². The maximum absolute atomic E-state index is 5.25. The zero-order valence-corrected chi connectivity index (χ0v) is 8.24. The molecule has 3 heteroatoms. The molecule has 0 atom stereocenters. The second-order valence-corrected chi connectivity index (χ2v) is 3.17. The van der Waals surface area contributed by atoms with Gasteiger partial charge in [0.1, 0.15) is 5.75 Å². The number of aromatic nitrogens is 2. The van der Waals surface area contributed by atoms with Gasteiger partial charge in [0.25, 0.3) is 0 Å². The summed E-state index contributed by atoms with van der Waals surface area (Å²) < 4.78 is 5.25. The maximum atomic E-state index is 5.25. The molecule has 0 bridgehead atoms. The first-order valence-electron chi connectivity index (χ1n) is 4.45. The molecule has 2 rings (SSSR count). The van der Waals surface area contributed by atoms with Gasteiger partial charge in [0.2, 0.25) is 0 Å². The molecule has 0 aliphatic carbocycles. The molecule has 0 spiro atoms. The highest BCUT2D eigenvalue weighted by Crippen LogP contribution is 2.25. The monoisotopic (exact) mass is 188 g/mol. The zero-order valence-electron chi connectivity index (χ0n) is 8.24. The van der Waals surface area contributed by atoms with Crippen molar-refractivity contribution in [1.29, 1.82) is 0 Å². The van der Waals surface area contributed by atoms with Crippen LogP contribution in [0.1, 0.15) is 5.56 Å². The number of H-pyrrole nitrogens is 1. The molecule has 3 nitrogen and oxygen atoms in total. The molecule has 0 radical (unpaired) electrons. The number of aryl methyl sites for hydroxylation is 1. The quantitative estimate of drug-likeness (QED) is 0.785. The fraction of sp³-hybridized carbons (Fsp3) is 0.182. The summed E-state index contributed by atoms with van der Waals surface area (Å²) >= 11 is 0. The number of nitrogens with zero attached hydrogens (tertiary/aromatic N) is 1. The van der Waals surface area contributed by atoms with E-state index in [1.165, 1.54) is 0 Å². The molecular formula is C11H12N2O. The molecule has 1 heterocycles. The fourth-order valence-corrected chi connectivity index (χ4v) is 1.41. The van der Waals surface area contributed by atoms with E-state index < -0.39 is 0 Å². The average molecular weight is 188 g/mol. The fourth-order valence-electron chi connectivity index (χ4n) is 1.41. The molecule has 14 heavy (non-hydrogen) atoms. The van der Waals surface area contributed by atoms with Gasteiger partial charge in [-0.15, -0.1) is 0 Å². The topological polar surface area (TPSA) is 37.9 Å². The number of nitrogens with one attached hydrogen (secondary N) is 1. The van der Waals surface area contributed by atoms with Crippen LogP contribution in [0.2, 0.25) is 0 Å². The molecule has 72 valence electrons. The van der Waals surface area contributed by atoms with Crippen molar-refractivity contribution in [3.05, 3.63) is 36.2 Å². The third-order valence-electron chi connectivity index (χ3n) is 2.24. The van der Waals surface area contributed by atoms with Crippen molar-refractivity contribution in [3.8, 4) is 16.9 Å². The largest absolute Gasteiger partial charge is 0.496 e. The van der Waals surface area contributed by atoms with Crippen molar-refractivity contribution in [2.45, 2.75) is 6.92 Å². The van der Waals surface area contributed by atoms with Gasteiger partial charge in [0.05, 0.1) is 13.3 Å². The van der Waals surface area contributed by atoms with E-state index in [-0.39, 0.29) is 0 Å². The Morgan fingerprint density at radius 2 is 2.14 bits per heavy atom. The van der Waals surface area contributed by atoms with Gasteiger partial charge < -0.3 is 4.74 Å². The minimum Gasteiger partial charge on any atom is -0.496 e. The van der Waals surface area contributed by atoms with E-state index in [9.17, 15) is 0 Å². The predicted molar refractivity (Wildman–Crippen MR) is 55.3 cm³/mol. The Kier molecular flexibility index (Phi) is 2.23. The Morgan fingerprint density at radius 1 is 1.29 bits per heavy atom. The first-order valence-corrected chi connectivity index (χ1v) is 4.45. The molecule has 2 aromatic rings. The third kappa shape index (κ3) is 1.48. The number of methoxy groups -OCH3 is 1. The summed E-state index contributed by atoms with van der Waals surface area (Å²) in [5.74, 6) is 0.906. The Bertz CT molecular complexity index is 421. The molecular weight excluding hydrogens is 176 g/mol. The summed E-state index contributed by atoms with van der Waals surface area (Å²) in [7, 11) is 1.68. The molecule has 0 amide bonds. The highest BCUT2D eigenvalue weighted by Gasteiger charge is 2.02. The number of hydrogen-bond donors (Lipinski definition) is 1. The van der Waals surface area contributed by atoms with Gasteiger partial charge in [-0.1, -0.05) is 12.1 Å². The standard InChI is InChI=1S/C11H12N2O/c1-8-3-4-9(5-11(8)14-2)10-6-12-13-7-10/h3-7H,1-2H3,(H,12,13). The predicted octanol–water partition coefficient (Wildman–Crippen LogP) is 2.39. The van der Waals surface area contributed by atoms with Crippen molar-refractivity contribution >= 4 is 0 Å². The molecule has 0 aliphatic heterocycles. The number of benzene rings is 1. The van der Waals surface area contributed by atoms with E-state index in [0.717, 1.165) is 22.4 Å². The Labute approximate surface area is 82.7 Å². The SMILES string of the molecule is COc1cc(-c2cn[nH]c2)ccc1C. The molecule has 0 unspecified atom stereocenters. The van der Waals surface area contributed by atoms with E-state index in [1.54, 1.807) is 13.3 Å². The normalized spacial score (nSPS) is 10.1. The van der Waals surface area contributed by atoms with Gasteiger partial charge in [-0.05, 0) is 24.1 Å². The summed E-state index contributed by atoms with van der Waals surface area (Å²) in [5, 5.41) is 6.70. The van der Waals surface area contributed by atoms with Gasteiger partial charge in [-0.2, -0.15) is 5.10 Å². The first-order chi connectivity index (χ1) is 6.81. The molecule has 1 aromatic carbocycles. The van der Waals surface area contributed by atoms with Gasteiger partial charge in [-0.3, -0.25) is 5.10 Å². The lowest BCUT2D eigenvalue weighted by Gasteiger charge is -2.05. The van der Waals surface area contributed by atoms with Crippen LogP contribution in [0.25, 0.3) is 11.1 Å². The summed E-state index contributed by atoms with van der Waals surface area (Å²) in [6, 6.07) is 6.12. The van der Waals surface area contributed by atoms with Crippen molar-refractivity contribution in [3.63, 3.8) is 0 Å². The van der Waals surface area contributed by atoms with Crippen LogP contribution in [0.15, 0.2) is 30.6 Å². The van der Waals surface area contributed by atoms with Gasteiger partial charge >= 0.3 is 0 Å². The minimum absolute atomic E-state index is 0.906. The van der Waals surface area contributed by atoms with Crippen LogP contribution in [0.4, 0.5) is 0 Å².